The fourth-order valence-electron chi connectivity index (χ4n) is 2.57. The first-order chi connectivity index (χ1) is 8.95. The van der Waals surface area contributed by atoms with Gasteiger partial charge in [0, 0.05) is 18.3 Å². The molecular formula is C15H20N2O2. The van der Waals surface area contributed by atoms with Crippen molar-refractivity contribution in [3.05, 3.63) is 29.3 Å². The number of carbonyl (C=O) groups is 2. The molecule has 102 valence electrons. The lowest BCUT2D eigenvalue weighted by molar-refractivity contribution is -0.117. The van der Waals surface area contributed by atoms with Crippen LogP contribution in [-0.2, 0) is 11.2 Å². The molecule has 4 nitrogen and oxygen atoms in total. The Balaban J connectivity index is 2.31. The number of amides is 1. The van der Waals surface area contributed by atoms with Crippen molar-refractivity contribution in [1.29, 1.82) is 0 Å². The first-order valence-electron chi connectivity index (χ1n) is 6.56. The number of ketones is 1. The molecule has 0 saturated heterocycles. The Morgan fingerprint density at radius 2 is 2.05 bits per heavy atom. The number of fused-ring (bicyclic) bond motifs is 1. The monoisotopic (exact) mass is 260 g/mol. The van der Waals surface area contributed by atoms with Gasteiger partial charge >= 0.3 is 0 Å². The normalized spacial score (nSPS) is 15.8. The van der Waals surface area contributed by atoms with E-state index in [1.54, 1.807) is 19.0 Å². The van der Waals surface area contributed by atoms with Crippen LogP contribution in [0.1, 0.15) is 29.8 Å². The standard InChI is InChI=1S/C15H20N2O2/c1-9(2)14(16-3)15(19)10-5-6-12-11(7-10)8-13(18)17(12)4/h5-7,9,14,16H,8H2,1-4H3. The Bertz CT molecular complexity index is 523. The largest absolute Gasteiger partial charge is 0.315 e. The Hall–Kier alpha value is -1.68. The molecule has 0 aromatic heterocycles. The van der Waals surface area contributed by atoms with Crippen LogP contribution in [0.5, 0.6) is 0 Å². The van der Waals surface area contributed by atoms with Gasteiger partial charge in [-0.1, -0.05) is 13.8 Å². The van der Waals surface area contributed by atoms with E-state index in [1.807, 2.05) is 32.0 Å². The molecule has 1 unspecified atom stereocenters. The molecule has 1 aromatic carbocycles. The minimum Gasteiger partial charge on any atom is -0.315 e. The smallest absolute Gasteiger partial charge is 0.231 e. The van der Waals surface area contributed by atoms with E-state index < -0.39 is 0 Å². The third-order valence-corrected chi connectivity index (χ3v) is 3.70. The second kappa shape index (κ2) is 5.13. The molecule has 1 amide bonds. The summed E-state index contributed by atoms with van der Waals surface area (Å²) in [7, 11) is 3.56. The minimum absolute atomic E-state index is 0.0774. The van der Waals surface area contributed by atoms with Crippen LogP contribution in [0.15, 0.2) is 18.2 Å². The Morgan fingerprint density at radius 1 is 1.37 bits per heavy atom. The van der Waals surface area contributed by atoms with Gasteiger partial charge in [0.05, 0.1) is 12.5 Å². The van der Waals surface area contributed by atoms with Gasteiger partial charge in [-0.2, -0.15) is 0 Å². The molecule has 1 N–H and O–H groups in total. The minimum atomic E-state index is -0.187. The topological polar surface area (TPSA) is 49.4 Å². The summed E-state index contributed by atoms with van der Waals surface area (Å²) in [6.45, 7) is 4.04. The van der Waals surface area contributed by atoms with Crippen molar-refractivity contribution >= 4 is 17.4 Å². The van der Waals surface area contributed by atoms with Gasteiger partial charge in [0.2, 0.25) is 5.91 Å². The molecule has 0 saturated carbocycles. The van der Waals surface area contributed by atoms with Gasteiger partial charge in [-0.25, -0.2) is 0 Å². The van der Waals surface area contributed by atoms with Gasteiger partial charge in [0.15, 0.2) is 5.78 Å². The summed E-state index contributed by atoms with van der Waals surface area (Å²) in [5, 5.41) is 3.06. The van der Waals surface area contributed by atoms with Crippen molar-refractivity contribution in [3.8, 4) is 0 Å². The molecular weight excluding hydrogens is 240 g/mol. The van der Waals surface area contributed by atoms with Gasteiger partial charge in [0.1, 0.15) is 0 Å². The summed E-state index contributed by atoms with van der Waals surface area (Å²) in [6, 6.07) is 5.34. The third kappa shape index (κ3) is 2.40. The number of nitrogens with one attached hydrogen (secondary N) is 1. The highest BCUT2D eigenvalue weighted by atomic mass is 16.2. The zero-order valence-electron chi connectivity index (χ0n) is 11.9. The summed E-state index contributed by atoms with van der Waals surface area (Å²) < 4.78 is 0. The first-order valence-corrected chi connectivity index (χ1v) is 6.56. The molecule has 0 aliphatic carbocycles. The molecule has 1 aliphatic heterocycles. The van der Waals surface area contributed by atoms with Crippen molar-refractivity contribution < 1.29 is 9.59 Å². The van der Waals surface area contributed by atoms with E-state index in [2.05, 4.69) is 5.32 Å². The van der Waals surface area contributed by atoms with Gasteiger partial charge in [0.25, 0.3) is 0 Å². The fraction of sp³-hybridized carbons (Fsp3) is 0.467. The average molecular weight is 260 g/mol. The van der Waals surface area contributed by atoms with E-state index in [1.165, 1.54) is 0 Å². The second-order valence-corrected chi connectivity index (χ2v) is 5.35. The lowest BCUT2D eigenvalue weighted by Gasteiger charge is -2.19. The molecule has 2 rings (SSSR count). The lowest BCUT2D eigenvalue weighted by atomic mass is 9.94. The zero-order valence-corrected chi connectivity index (χ0v) is 11.9. The number of benzene rings is 1. The Kier molecular flexibility index (Phi) is 3.71. The van der Waals surface area contributed by atoms with E-state index in [0.717, 1.165) is 11.3 Å². The number of carbonyl (C=O) groups excluding carboxylic acids is 2. The molecule has 1 heterocycles. The van der Waals surface area contributed by atoms with Gasteiger partial charge in [-0.15, -0.1) is 0 Å². The van der Waals surface area contributed by atoms with Gasteiger partial charge in [-0.05, 0) is 36.7 Å². The van der Waals surface area contributed by atoms with Crippen LogP contribution >= 0.6 is 0 Å². The van der Waals surface area contributed by atoms with Crippen LogP contribution in [0.25, 0.3) is 0 Å². The average Bonchev–Trinajstić information content (AvgIpc) is 2.65. The predicted octanol–water partition coefficient (Wildman–Crippen LogP) is 1.63. The van der Waals surface area contributed by atoms with Crippen molar-refractivity contribution in [2.75, 3.05) is 19.0 Å². The molecule has 1 atom stereocenters. The van der Waals surface area contributed by atoms with Crippen molar-refractivity contribution in [2.24, 2.45) is 5.92 Å². The third-order valence-electron chi connectivity index (χ3n) is 3.70. The molecule has 1 aromatic rings. The van der Waals surface area contributed by atoms with Crippen LogP contribution in [-0.4, -0.2) is 31.8 Å². The van der Waals surface area contributed by atoms with E-state index in [9.17, 15) is 9.59 Å². The fourth-order valence-corrected chi connectivity index (χ4v) is 2.57. The Labute approximate surface area is 113 Å². The summed E-state index contributed by atoms with van der Waals surface area (Å²) in [6.07, 6.45) is 0.388. The number of hydrogen-bond acceptors (Lipinski definition) is 3. The summed E-state index contributed by atoms with van der Waals surface area (Å²) >= 11 is 0. The van der Waals surface area contributed by atoms with E-state index in [-0.39, 0.29) is 23.7 Å². The van der Waals surface area contributed by atoms with Gasteiger partial charge in [-0.3, -0.25) is 9.59 Å². The number of anilines is 1. The summed E-state index contributed by atoms with van der Waals surface area (Å²) in [4.78, 5) is 25.7. The second-order valence-electron chi connectivity index (χ2n) is 5.35. The number of rotatable bonds is 4. The maximum Gasteiger partial charge on any atom is 0.231 e. The van der Waals surface area contributed by atoms with Crippen LogP contribution in [0.2, 0.25) is 0 Å². The van der Waals surface area contributed by atoms with Crippen LogP contribution in [0.3, 0.4) is 0 Å². The lowest BCUT2D eigenvalue weighted by Crippen LogP contribution is -2.38. The number of nitrogens with zero attached hydrogens (tertiary/aromatic N) is 1. The highest BCUT2D eigenvalue weighted by Crippen LogP contribution is 2.28. The molecule has 0 spiro atoms. The zero-order chi connectivity index (χ0) is 14.2. The number of hydrogen-bond donors (Lipinski definition) is 1. The number of Topliss-reactive ketones (excluding diaryl/α,β-unsaturated/α-hetero) is 1. The maximum atomic E-state index is 12.4. The molecule has 0 fully saturated rings. The summed E-state index contributed by atoms with van der Waals surface area (Å²) in [5.74, 6) is 0.394. The van der Waals surface area contributed by atoms with Crippen LogP contribution in [0, 0.1) is 5.92 Å². The predicted molar refractivity (Wildman–Crippen MR) is 75.6 cm³/mol. The van der Waals surface area contributed by atoms with Gasteiger partial charge < -0.3 is 10.2 Å². The first kappa shape index (κ1) is 13.7. The van der Waals surface area contributed by atoms with Crippen molar-refractivity contribution in [2.45, 2.75) is 26.3 Å². The SMILES string of the molecule is CNC(C(=O)c1ccc2c(c1)CC(=O)N2C)C(C)C. The molecule has 0 radical (unpaired) electrons. The van der Waals surface area contributed by atoms with Crippen molar-refractivity contribution in [1.82, 2.24) is 5.32 Å². The molecule has 19 heavy (non-hydrogen) atoms. The summed E-state index contributed by atoms with van der Waals surface area (Å²) in [5.41, 5.74) is 2.53. The highest BCUT2D eigenvalue weighted by Gasteiger charge is 2.27. The van der Waals surface area contributed by atoms with Crippen LogP contribution in [0.4, 0.5) is 5.69 Å². The number of likely N-dealkylation sites (N-methyl/N-ethyl adjacent to an activating group) is 2. The Morgan fingerprint density at radius 3 is 2.63 bits per heavy atom. The van der Waals surface area contributed by atoms with Crippen molar-refractivity contribution in [3.63, 3.8) is 0 Å². The maximum absolute atomic E-state index is 12.4. The molecule has 4 heteroatoms. The molecule has 0 bridgehead atoms. The van der Waals surface area contributed by atoms with E-state index in [4.69, 9.17) is 0 Å². The highest BCUT2D eigenvalue weighted by molar-refractivity contribution is 6.04. The van der Waals surface area contributed by atoms with E-state index >= 15 is 0 Å². The van der Waals surface area contributed by atoms with Crippen LogP contribution < -0.4 is 10.2 Å². The quantitative estimate of drug-likeness (QED) is 0.837. The molecule has 1 aliphatic rings. The van der Waals surface area contributed by atoms with E-state index in [0.29, 0.717) is 12.0 Å².